The molecule has 0 bridgehead atoms. The molecule has 0 spiro atoms. The molecule has 5 heteroatoms. The maximum Gasteiger partial charge on any atom is 0.252 e. The van der Waals surface area contributed by atoms with Crippen molar-refractivity contribution >= 4 is 45.0 Å². The molecule has 1 N–H and O–H groups in total. The minimum Gasteiger partial charge on any atom is -0.352 e. The van der Waals surface area contributed by atoms with Gasteiger partial charge in [0.15, 0.2) is 0 Å². The van der Waals surface area contributed by atoms with E-state index in [2.05, 4.69) is 21.2 Å². The third kappa shape index (κ3) is 3.87. The number of halogens is 3. The largest absolute Gasteiger partial charge is 0.352 e. The zero-order valence-electron chi connectivity index (χ0n) is 10.5. The summed E-state index contributed by atoms with van der Waals surface area (Å²) in [6, 6.07) is 5.18. The van der Waals surface area contributed by atoms with Gasteiger partial charge in [0.25, 0.3) is 5.91 Å². The second-order valence-electron chi connectivity index (χ2n) is 4.94. The summed E-state index contributed by atoms with van der Waals surface area (Å²) >= 11 is 15.2. The van der Waals surface area contributed by atoms with E-state index in [0.717, 1.165) is 10.9 Å². The van der Waals surface area contributed by atoms with Crippen molar-refractivity contribution < 1.29 is 4.79 Å². The Hall–Kier alpha value is -0.250. The van der Waals surface area contributed by atoms with Crippen LogP contribution in [-0.2, 0) is 0 Å². The van der Waals surface area contributed by atoms with Gasteiger partial charge in [0, 0.05) is 21.9 Å². The molecule has 19 heavy (non-hydrogen) atoms. The predicted molar refractivity (Wildman–Crippen MR) is 83.0 cm³/mol. The van der Waals surface area contributed by atoms with Gasteiger partial charge >= 0.3 is 0 Å². The maximum absolute atomic E-state index is 12.1. The highest BCUT2D eigenvalue weighted by atomic mass is 79.9. The van der Waals surface area contributed by atoms with Crippen molar-refractivity contribution in [3.8, 4) is 0 Å². The molecule has 0 heterocycles. The molecule has 1 aromatic rings. The van der Waals surface area contributed by atoms with Crippen LogP contribution in [0.25, 0.3) is 0 Å². The Kier molecular flexibility index (Phi) is 5.55. The fraction of sp³-hybridized carbons (Fsp3) is 0.500. The fourth-order valence-corrected chi connectivity index (χ4v) is 3.85. The summed E-state index contributed by atoms with van der Waals surface area (Å²) in [4.78, 5) is 12.1. The lowest BCUT2D eigenvalue weighted by Gasteiger charge is -2.17. The molecule has 1 aliphatic rings. The molecule has 1 fully saturated rings. The summed E-state index contributed by atoms with van der Waals surface area (Å²) < 4.78 is 0.720. The van der Waals surface area contributed by atoms with E-state index in [1.54, 1.807) is 18.2 Å². The molecule has 0 aliphatic heterocycles. The molecule has 1 amide bonds. The smallest absolute Gasteiger partial charge is 0.252 e. The summed E-state index contributed by atoms with van der Waals surface area (Å²) in [6.07, 6.45) is 3.54. The van der Waals surface area contributed by atoms with E-state index in [0.29, 0.717) is 34.8 Å². The number of hydrogen-bond donors (Lipinski definition) is 1. The van der Waals surface area contributed by atoms with Gasteiger partial charge in [-0.2, -0.15) is 0 Å². The summed E-state index contributed by atoms with van der Waals surface area (Å²) in [6.45, 7) is 0.700. The predicted octanol–water partition coefficient (Wildman–Crippen LogP) is 4.49. The first-order chi connectivity index (χ1) is 9.11. The SMILES string of the molecule is O=C(NCC1CCCC1CCl)c1ccc(Cl)cc1Br. The molecule has 2 rings (SSSR count). The Labute approximate surface area is 132 Å². The zero-order chi connectivity index (χ0) is 13.8. The Morgan fingerprint density at radius 2 is 2.11 bits per heavy atom. The summed E-state index contributed by atoms with van der Waals surface area (Å²) in [5.41, 5.74) is 0.616. The molecular formula is C14H16BrCl2NO. The monoisotopic (exact) mass is 363 g/mol. The van der Waals surface area contributed by atoms with Gasteiger partial charge in [0.05, 0.1) is 5.56 Å². The molecular weight excluding hydrogens is 349 g/mol. The van der Waals surface area contributed by atoms with Crippen LogP contribution in [0.4, 0.5) is 0 Å². The number of benzene rings is 1. The first kappa shape index (κ1) is 15.1. The highest BCUT2D eigenvalue weighted by Gasteiger charge is 2.26. The molecule has 1 aromatic carbocycles. The quantitative estimate of drug-likeness (QED) is 0.783. The van der Waals surface area contributed by atoms with Crippen LogP contribution in [0.3, 0.4) is 0 Å². The first-order valence-electron chi connectivity index (χ1n) is 6.41. The average molecular weight is 365 g/mol. The van der Waals surface area contributed by atoms with Gasteiger partial charge in [-0.1, -0.05) is 18.0 Å². The van der Waals surface area contributed by atoms with E-state index in [-0.39, 0.29) is 5.91 Å². The van der Waals surface area contributed by atoms with Crippen LogP contribution in [-0.4, -0.2) is 18.3 Å². The van der Waals surface area contributed by atoms with Gasteiger partial charge in [-0.15, -0.1) is 11.6 Å². The number of hydrogen-bond acceptors (Lipinski definition) is 1. The van der Waals surface area contributed by atoms with E-state index in [4.69, 9.17) is 23.2 Å². The lowest BCUT2D eigenvalue weighted by atomic mass is 9.98. The molecule has 0 radical (unpaired) electrons. The van der Waals surface area contributed by atoms with E-state index >= 15 is 0 Å². The Morgan fingerprint density at radius 3 is 2.79 bits per heavy atom. The third-order valence-corrected chi connectivity index (χ3v) is 5.00. The van der Waals surface area contributed by atoms with Crippen LogP contribution in [0.2, 0.25) is 5.02 Å². The fourth-order valence-electron chi connectivity index (χ4n) is 2.58. The van der Waals surface area contributed by atoms with Crippen LogP contribution in [0.5, 0.6) is 0 Å². The standard InChI is InChI=1S/C14H16BrCl2NO/c15-13-6-11(17)4-5-12(13)14(19)18-8-10-3-1-2-9(10)7-16/h4-6,9-10H,1-3,7-8H2,(H,18,19). The summed E-state index contributed by atoms with van der Waals surface area (Å²) in [5.74, 6) is 1.66. The van der Waals surface area contributed by atoms with E-state index in [1.807, 2.05) is 0 Å². The van der Waals surface area contributed by atoms with Crippen LogP contribution < -0.4 is 5.32 Å². The number of alkyl halides is 1. The highest BCUT2D eigenvalue weighted by molar-refractivity contribution is 9.10. The number of carbonyl (C=O) groups is 1. The van der Waals surface area contributed by atoms with Gasteiger partial charge in [-0.05, 0) is 58.8 Å². The van der Waals surface area contributed by atoms with Crippen LogP contribution in [0.1, 0.15) is 29.6 Å². The van der Waals surface area contributed by atoms with Crippen LogP contribution >= 0.6 is 39.1 Å². The second-order valence-corrected chi connectivity index (χ2v) is 6.54. The third-order valence-electron chi connectivity index (χ3n) is 3.72. The molecule has 1 aliphatic carbocycles. The van der Waals surface area contributed by atoms with E-state index in [1.165, 1.54) is 12.8 Å². The second kappa shape index (κ2) is 6.96. The van der Waals surface area contributed by atoms with Crippen molar-refractivity contribution in [2.24, 2.45) is 11.8 Å². The van der Waals surface area contributed by atoms with Gasteiger partial charge in [0.1, 0.15) is 0 Å². The lowest BCUT2D eigenvalue weighted by Crippen LogP contribution is -2.31. The highest BCUT2D eigenvalue weighted by Crippen LogP contribution is 2.32. The van der Waals surface area contributed by atoms with Crippen LogP contribution in [0, 0.1) is 11.8 Å². The van der Waals surface area contributed by atoms with Crippen molar-refractivity contribution in [3.05, 3.63) is 33.3 Å². The van der Waals surface area contributed by atoms with Crippen molar-refractivity contribution in [3.63, 3.8) is 0 Å². The average Bonchev–Trinajstić information content (AvgIpc) is 2.83. The number of carbonyl (C=O) groups excluding carboxylic acids is 1. The summed E-state index contributed by atoms with van der Waals surface area (Å²) in [7, 11) is 0. The van der Waals surface area contributed by atoms with E-state index in [9.17, 15) is 4.79 Å². The molecule has 0 aromatic heterocycles. The Morgan fingerprint density at radius 1 is 1.37 bits per heavy atom. The Bertz CT molecular complexity index is 467. The molecule has 1 saturated carbocycles. The number of amides is 1. The van der Waals surface area contributed by atoms with Crippen LogP contribution in [0.15, 0.2) is 22.7 Å². The molecule has 0 saturated heterocycles. The molecule has 104 valence electrons. The topological polar surface area (TPSA) is 29.1 Å². The van der Waals surface area contributed by atoms with Gasteiger partial charge in [0.2, 0.25) is 0 Å². The van der Waals surface area contributed by atoms with E-state index < -0.39 is 0 Å². The van der Waals surface area contributed by atoms with Crippen molar-refractivity contribution in [1.82, 2.24) is 5.32 Å². The molecule has 2 unspecified atom stereocenters. The minimum atomic E-state index is -0.0660. The normalized spacial score (nSPS) is 22.5. The van der Waals surface area contributed by atoms with Gasteiger partial charge < -0.3 is 5.32 Å². The van der Waals surface area contributed by atoms with Gasteiger partial charge in [-0.3, -0.25) is 4.79 Å². The molecule has 2 nitrogen and oxygen atoms in total. The van der Waals surface area contributed by atoms with Crippen molar-refractivity contribution in [1.29, 1.82) is 0 Å². The summed E-state index contributed by atoms with van der Waals surface area (Å²) in [5, 5.41) is 3.61. The first-order valence-corrected chi connectivity index (χ1v) is 8.11. The maximum atomic E-state index is 12.1. The van der Waals surface area contributed by atoms with Crippen molar-refractivity contribution in [2.75, 3.05) is 12.4 Å². The Balaban J connectivity index is 1.94. The number of rotatable bonds is 4. The molecule has 2 atom stereocenters. The zero-order valence-corrected chi connectivity index (χ0v) is 13.6. The minimum absolute atomic E-state index is 0.0660. The lowest BCUT2D eigenvalue weighted by molar-refractivity contribution is 0.0944. The number of nitrogens with one attached hydrogen (secondary N) is 1. The van der Waals surface area contributed by atoms with Gasteiger partial charge in [-0.25, -0.2) is 0 Å². The van der Waals surface area contributed by atoms with Crippen molar-refractivity contribution in [2.45, 2.75) is 19.3 Å².